The zero-order valence-electron chi connectivity index (χ0n) is 17.2. The van der Waals surface area contributed by atoms with Crippen molar-refractivity contribution in [2.24, 2.45) is 4.99 Å². The SMILES string of the molecule is CS(=O)(=O)Oc1ccc(Oc2ccc(CC3(c4cccc(F)c4N)C=CC=N3)cc2)cc1. The Morgan fingerprint density at radius 3 is 2.19 bits per heavy atom. The van der Waals surface area contributed by atoms with Gasteiger partial charge >= 0.3 is 10.1 Å². The van der Waals surface area contributed by atoms with Crippen LogP contribution < -0.4 is 14.7 Å². The van der Waals surface area contributed by atoms with Crippen molar-refractivity contribution < 1.29 is 21.7 Å². The standard InChI is InChI=1S/C24H21FN2O4S/c1-32(28,29)31-20-12-10-19(11-13-20)30-18-8-6-17(7-9-18)16-24(14-3-15-27-24)21-4-2-5-22(25)23(21)26/h2-15H,16,26H2,1H3. The first-order valence-corrected chi connectivity index (χ1v) is 11.6. The number of nitrogens with two attached hydrogens (primary N) is 1. The van der Waals surface area contributed by atoms with E-state index in [0.717, 1.165) is 11.8 Å². The van der Waals surface area contributed by atoms with Crippen LogP contribution in [0.1, 0.15) is 11.1 Å². The first-order chi connectivity index (χ1) is 15.2. The molecule has 0 fully saturated rings. The summed E-state index contributed by atoms with van der Waals surface area (Å²) in [5.74, 6) is 0.887. The lowest BCUT2D eigenvalue weighted by molar-refractivity contribution is 0.476. The second-order valence-electron chi connectivity index (χ2n) is 7.44. The lowest BCUT2D eigenvalue weighted by Gasteiger charge is -2.26. The predicted molar refractivity (Wildman–Crippen MR) is 122 cm³/mol. The van der Waals surface area contributed by atoms with E-state index in [2.05, 4.69) is 4.99 Å². The van der Waals surface area contributed by atoms with Crippen LogP contribution in [0.15, 0.2) is 83.9 Å². The predicted octanol–water partition coefficient (Wildman–Crippen LogP) is 4.62. The summed E-state index contributed by atoms with van der Waals surface area (Å²) < 4.78 is 47.1. The molecule has 1 atom stereocenters. The Morgan fingerprint density at radius 2 is 1.59 bits per heavy atom. The van der Waals surface area contributed by atoms with Gasteiger partial charge in [0.05, 0.1) is 11.9 Å². The summed E-state index contributed by atoms with van der Waals surface area (Å²) in [6, 6.07) is 18.5. The molecule has 0 radical (unpaired) electrons. The average Bonchev–Trinajstić information content (AvgIpc) is 3.21. The van der Waals surface area contributed by atoms with Crippen LogP contribution in [0.2, 0.25) is 0 Å². The number of para-hydroxylation sites is 1. The maximum absolute atomic E-state index is 14.1. The normalized spacial score (nSPS) is 17.4. The molecule has 0 bridgehead atoms. The van der Waals surface area contributed by atoms with Crippen molar-refractivity contribution in [3.63, 3.8) is 0 Å². The van der Waals surface area contributed by atoms with E-state index in [1.807, 2.05) is 36.4 Å². The third kappa shape index (κ3) is 4.81. The zero-order valence-corrected chi connectivity index (χ0v) is 18.1. The lowest BCUT2D eigenvalue weighted by atomic mass is 9.84. The minimum atomic E-state index is -3.58. The van der Waals surface area contributed by atoms with Gasteiger partial charge in [-0.15, -0.1) is 0 Å². The number of rotatable bonds is 7. The molecule has 0 saturated carbocycles. The highest BCUT2D eigenvalue weighted by atomic mass is 32.2. The number of benzene rings is 3. The Labute approximate surface area is 186 Å². The van der Waals surface area contributed by atoms with Gasteiger partial charge in [0, 0.05) is 18.2 Å². The minimum absolute atomic E-state index is 0.0967. The van der Waals surface area contributed by atoms with Crippen molar-refractivity contribution in [1.29, 1.82) is 0 Å². The first-order valence-electron chi connectivity index (χ1n) is 9.78. The second kappa shape index (κ2) is 8.47. The van der Waals surface area contributed by atoms with Crippen molar-refractivity contribution in [3.05, 3.63) is 95.8 Å². The fourth-order valence-electron chi connectivity index (χ4n) is 3.56. The number of allylic oxidation sites excluding steroid dienone is 1. The van der Waals surface area contributed by atoms with E-state index in [-0.39, 0.29) is 11.4 Å². The van der Waals surface area contributed by atoms with Gasteiger partial charge in [0.1, 0.15) is 28.6 Å². The van der Waals surface area contributed by atoms with Crippen molar-refractivity contribution in [1.82, 2.24) is 0 Å². The quantitative estimate of drug-likeness (QED) is 0.417. The number of hydrogen-bond donors (Lipinski definition) is 1. The molecule has 2 N–H and O–H groups in total. The molecule has 3 aromatic carbocycles. The molecular weight excluding hydrogens is 431 g/mol. The van der Waals surface area contributed by atoms with Crippen molar-refractivity contribution >= 4 is 22.0 Å². The summed E-state index contributed by atoms with van der Waals surface area (Å²) in [7, 11) is -3.58. The van der Waals surface area contributed by atoms with Crippen LogP contribution >= 0.6 is 0 Å². The molecule has 1 unspecified atom stereocenters. The van der Waals surface area contributed by atoms with E-state index in [9.17, 15) is 12.8 Å². The number of anilines is 1. The van der Waals surface area contributed by atoms with Crippen molar-refractivity contribution in [2.75, 3.05) is 12.0 Å². The van der Waals surface area contributed by atoms with Crippen LogP contribution in [-0.2, 0) is 22.1 Å². The Hall–Kier alpha value is -3.65. The Bertz CT molecular complexity index is 1270. The van der Waals surface area contributed by atoms with Gasteiger partial charge in [-0.1, -0.05) is 30.3 Å². The molecule has 1 heterocycles. The smallest absolute Gasteiger partial charge is 0.306 e. The van der Waals surface area contributed by atoms with Gasteiger partial charge in [-0.3, -0.25) is 4.99 Å². The second-order valence-corrected chi connectivity index (χ2v) is 9.02. The average molecular weight is 453 g/mol. The van der Waals surface area contributed by atoms with Gasteiger partial charge in [0.15, 0.2) is 0 Å². The number of nitrogen functional groups attached to an aromatic ring is 1. The third-order valence-electron chi connectivity index (χ3n) is 4.99. The fourth-order valence-corrected chi connectivity index (χ4v) is 4.02. The number of halogens is 1. The topological polar surface area (TPSA) is 91.0 Å². The van der Waals surface area contributed by atoms with Crippen LogP contribution in [0, 0.1) is 5.82 Å². The van der Waals surface area contributed by atoms with E-state index < -0.39 is 21.5 Å². The maximum atomic E-state index is 14.1. The van der Waals surface area contributed by atoms with Crippen molar-refractivity contribution in [3.8, 4) is 17.2 Å². The molecule has 8 heteroatoms. The molecule has 164 valence electrons. The van der Waals surface area contributed by atoms with Crippen LogP contribution in [0.3, 0.4) is 0 Å². The van der Waals surface area contributed by atoms with E-state index in [1.54, 1.807) is 30.5 Å². The molecule has 0 aliphatic carbocycles. The van der Waals surface area contributed by atoms with Gasteiger partial charge < -0.3 is 14.7 Å². The highest BCUT2D eigenvalue weighted by Crippen LogP contribution is 2.38. The van der Waals surface area contributed by atoms with Crippen molar-refractivity contribution in [2.45, 2.75) is 12.0 Å². The minimum Gasteiger partial charge on any atom is -0.457 e. The summed E-state index contributed by atoms with van der Waals surface area (Å²) >= 11 is 0. The summed E-state index contributed by atoms with van der Waals surface area (Å²) in [4.78, 5) is 4.59. The van der Waals surface area contributed by atoms with E-state index in [0.29, 0.717) is 23.5 Å². The van der Waals surface area contributed by atoms with Gasteiger partial charge in [-0.05, 0) is 54.1 Å². The molecule has 0 saturated heterocycles. The first kappa shape index (κ1) is 21.6. The van der Waals surface area contributed by atoms with Gasteiger partial charge in [-0.2, -0.15) is 8.42 Å². The summed E-state index contributed by atoms with van der Waals surface area (Å²) in [6.45, 7) is 0. The van der Waals surface area contributed by atoms with Crippen LogP contribution in [-0.4, -0.2) is 20.9 Å². The van der Waals surface area contributed by atoms with E-state index in [4.69, 9.17) is 14.7 Å². The number of nitrogens with zero attached hydrogens (tertiary/aromatic N) is 1. The Balaban J connectivity index is 1.49. The highest BCUT2D eigenvalue weighted by Gasteiger charge is 2.33. The van der Waals surface area contributed by atoms with Gasteiger partial charge in [0.25, 0.3) is 0 Å². The summed E-state index contributed by atoms with van der Waals surface area (Å²) in [5.41, 5.74) is 6.95. The molecule has 4 rings (SSSR count). The molecule has 0 amide bonds. The fraction of sp³-hybridized carbons (Fsp3) is 0.125. The number of hydrogen-bond acceptors (Lipinski definition) is 6. The van der Waals surface area contributed by atoms with Crippen LogP contribution in [0.4, 0.5) is 10.1 Å². The molecule has 6 nitrogen and oxygen atoms in total. The van der Waals surface area contributed by atoms with Gasteiger partial charge in [0.2, 0.25) is 0 Å². The maximum Gasteiger partial charge on any atom is 0.306 e. The largest absolute Gasteiger partial charge is 0.457 e. The molecule has 32 heavy (non-hydrogen) atoms. The third-order valence-corrected chi connectivity index (χ3v) is 5.48. The number of ether oxygens (including phenoxy) is 1. The Kier molecular flexibility index (Phi) is 5.71. The lowest BCUT2D eigenvalue weighted by Crippen LogP contribution is -2.24. The number of aliphatic imine (C=N–C) groups is 1. The molecule has 0 aromatic heterocycles. The summed E-state index contributed by atoms with van der Waals surface area (Å²) in [6.07, 6.45) is 6.94. The van der Waals surface area contributed by atoms with Crippen LogP contribution in [0.5, 0.6) is 17.2 Å². The molecule has 3 aromatic rings. The van der Waals surface area contributed by atoms with Gasteiger partial charge in [-0.25, -0.2) is 4.39 Å². The van der Waals surface area contributed by atoms with E-state index >= 15 is 0 Å². The molecule has 1 aliphatic heterocycles. The molecule has 0 spiro atoms. The Morgan fingerprint density at radius 1 is 0.969 bits per heavy atom. The highest BCUT2D eigenvalue weighted by molar-refractivity contribution is 7.86. The summed E-state index contributed by atoms with van der Waals surface area (Å²) in [5, 5.41) is 0. The molecular formula is C24H21FN2O4S. The molecule has 1 aliphatic rings. The van der Waals surface area contributed by atoms with Crippen LogP contribution in [0.25, 0.3) is 0 Å². The monoisotopic (exact) mass is 452 g/mol. The van der Waals surface area contributed by atoms with E-state index in [1.165, 1.54) is 18.2 Å². The zero-order chi connectivity index (χ0) is 22.8.